The highest BCUT2D eigenvalue weighted by Crippen LogP contribution is 2.28. The zero-order chi connectivity index (χ0) is 17.6. The summed E-state index contributed by atoms with van der Waals surface area (Å²) in [6, 6.07) is 14.4. The van der Waals surface area contributed by atoms with Crippen LogP contribution in [-0.2, 0) is 11.2 Å². The Labute approximate surface area is 147 Å². The summed E-state index contributed by atoms with van der Waals surface area (Å²) < 4.78 is 18.6. The molecule has 3 rings (SSSR count). The molecule has 1 aliphatic rings. The van der Waals surface area contributed by atoms with Crippen LogP contribution in [0.1, 0.15) is 12.0 Å². The molecule has 2 aromatic carbocycles. The van der Waals surface area contributed by atoms with Crippen molar-refractivity contribution >= 4 is 11.6 Å². The predicted octanol–water partition coefficient (Wildman–Crippen LogP) is 3.12. The number of nitrogens with zero attached hydrogens (tertiary/aromatic N) is 2. The summed E-state index contributed by atoms with van der Waals surface area (Å²) in [7, 11) is 1.67. The zero-order valence-corrected chi connectivity index (χ0v) is 14.5. The smallest absolute Gasteiger partial charge is 0.223 e. The summed E-state index contributed by atoms with van der Waals surface area (Å²) >= 11 is 0. The normalized spacial score (nSPS) is 14.5. The molecule has 1 heterocycles. The molecule has 1 saturated heterocycles. The number of methoxy groups -OCH3 is 1. The number of carbonyl (C=O) groups is 1. The van der Waals surface area contributed by atoms with Crippen LogP contribution in [-0.4, -0.2) is 44.1 Å². The van der Waals surface area contributed by atoms with Gasteiger partial charge in [0.1, 0.15) is 11.6 Å². The molecule has 4 nitrogen and oxygen atoms in total. The van der Waals surface area contributed by atoms with Crippen molar-refractivity contribution in [3.8, 4) is 5.75 Å². The van der Waals surface area contributed by atoms with Crippen molar-refractivity contribution in [2.24, 2.45) is 0 Å². The highest BCUT2D eigenvalue weighted by atomic mass is 19.1. The predicted molar refractivity (Wildman–Crippen MR) is 96.5 cm³/mol. The maximum absolute atomic E-state index is 13.2. The molecule has 5 heteroatoms. The van der Waals surface area contributed by atoms with Gasteiger partial charge in [0.25, 0.3) is 0 Å². The summed E-state index contributed by atoms with van der Waals surface area (Å²) in [5.74, 6) is 0.729. The molecule has 25 heavy (non-hydrogen) atoms. The van der Waals surface area contributed by atoms with E-state index in [1.165, 1.54) is 12.1 Å². The largest absolute Gasteiger partial charge is 0.495 e. The Kier molecular flexibility index (Phi) is 5.53. The first-order valence-corrected chi connectivity index (χ1v) is 8.57. The quantitative estimate of drug-likeness (QED) is 0.837. The molecule has 0 spiro atoms. The van der Waals surface area contributed by atoms with Gasteiger partial charge in [-0.25, -0.2) is 4.39 Å². The maximum atomic E-state index is 13.2. The third kappa shape index (κ3) is 4.29. The molecule has 2 aromatic rings. The number of rotatable bonds is 5. The van der Waals surface area contributed by atoms with E-state index in [-0.39, 0.29) is 11.7 Å². The lowest BCUT2D eigenvalue weighted by Gasteiger charge is -2.36. The number of carbonyl (C=O) groups excluding carboxylic acids is 1. The van der Waals surface area contributed by atoms with Crippen molar-refractivity contribution in [3.05, 3.63) is 59.9 Å². The van der Waals surface area contributed by atoms with Crippen molar-refractivity contribution < 1.29 is 13.9 Å². The summed E-state index contributed by atoms with van der Waals surface area (Å²) in [5, 5.41) is 0. The molecular weight excluding hydrogens is 319 g/mol. The van der Waals surface area contributed by atoms with Crippen molar-refractivity contribution in [2.45, 2.75) is 12.8 Å². The van der Waals surface area contributed by atoms with Gasteiger partial charge in [0, 0.05) is 32.6 Å². The SMILES string of the molecule is COc1ccccc1N1CCN(C(=O)CCc2cccc(F)c2)CC1. The van der Waals surface area contributed by atoms with Gasteiger partial charge >= 0.3 is 0 Å². The zero-order valence-electron chi connectivity index (χ0n) is 14.5. The van der Waals surface area contributed by atoms with E-state index >= 15 is 0 Å². The Morgan fingerprint density at radius 2 is 1.84 bits per heavy atom. The number of hydrogen-bond acceptors (Lipinski definition) is 3. The fourth-order valence-corrected chi connectivity index (χ4v) is 3.19. The summed E-state index contributed by atoms with van der Waals surface area (Å²) in [6.45, 7) is 2.96. The molecule has 0 N–H and O–H groups in total. The Hall–Kier alpha value is -2.56. The van der Waals surface area contributed by atoms with Gasteiger partial charge in [-0.3, -0.25) is 4.79 Å². The fraction of sp³-hybridized carbons (Fsp3) is 0.350. The van der Waals surface area contributed by atoms with Gasteiger partial charge in [0.15, 0.2) is 0 Å². The second kappa shape index (κ2) is 8.01. The first kappa shape index (κ1) is 17.3. The number of halogens is 1. The first-order valence-electron chi connectivity index (χ1n) is 8.57. The summed E-state index contributed by atoms with van der Waals surface area (Å²) in [4.78, 5) is 16.6. The number of amides is 1. The molecule has 0 bridgehead atoms. The number of para-hydroxylation sites is 2. The monoisotopic (exact) mass is 342 g/mol. The van der Waals surface area contributed by atoms with Crippen LogP contribution in [0.2, 0.25) is 0 Å². The van der Waals surface area contributed by atoms with Gasteiger partial charge in [-0.15, -0.1) is 0 Å². The van der Waals surface area contributed by atoms with Crippen molar-refractivity contribution in [3.63, 3.8) is 0 Å². The number of piperazine rings is 1. The molecule has 0 radical (unpaired) electrons. The van der Waals surface area contributed by atoms with Crippen molar-refractivity contribution in [1.29, 1.82) is 0 Å². The van der Waals surface area contributed by atoms with Crippen LogP contribution < -0.4 is 9.64 Å². The number of hydrogen-bond donors (Lipinski definition) is 0. The Balaban J connectivity index is 1.52. The van der Waals surface area contributed by atoms with E-state index in [4.69, 9.17) is 4.74 Å². The van der Waals surface area contributed by atoms with E-state index in [9.17, 15) is 9.18 Å². The van der Waals surface area contributed by atoms with Gasteiger partial charge in [-0.1, -0.05) is 24.3 Å². The van der Waals surface area contributed by atoms with E-state index in [1.54, 1.807) is 13.2 Å². The van der Waals surface area contributed by atoms with E-state index in [1.807, 2.05) is 35.2 Å². The molecule has 0 atom stereocenters. The standard InChI is InChI=1S/C20H23FN2O2/c1-25-19-8-3-2-7-18(19)22-11-13-23(14-12-22)20(24)10-9-16-5-4-6-17(21)15-16/h2-8,15H,9-14H2,1H3. The molecule has 1 amide bonds. The van der Waals surface area contributed by atoms with Gasteiger partial charge in [-0.05, 0) is 36.2 Å². The maximum Gasteiger partial charge on any atom is 0.223 e. The van der Waals surface area contributed by atoms with Gasteiger partial charge in [0.2, 0.25) is 5.91 Å². The van der Waals surface area contributed by atoms with Crippen LogP contribution in [0.5, 0.6) is 5.75 Å². The van der Waals surface area contributed by atoms with Crippen LogP contribution in [0.25, 0.3) is 0 Å². The van der Waals surface area contributed by atoms with Crippen molar-refractivity contribution in [2.75, 3.05) is 38.2 Å². The topological polar surface area (TPSA) is 32.8 Å². The van der Waals surface area contributed by atoms with Crippen LogP contribution in [0.3, 0.4) is 0 Å². The fourth-order valence-electron chi connectivity index (χ4n) is 3.19. The molecule has 0 saturated carbocycles. The Morgan fingerprint density at radius 1 is 1.08 bits per heavy atom. The van der Waals surface area contributed by atoms with Crippen LogP contribution in [0.4, 0.5) is 10.1 Å². The third-order valence-electron chi connectivity index (χ3n) is 4.57. The molecule has 0 unspecified atom stereocenters. The molecule has 0 aliphatic carbocycles. The second-order valence-corrected chi connectivity index (χ2v) is 6.17. The minimum absolute atomic E-state index is 0.129. The van der Waals surface area contributed by atoms with E-state index < -0.39 is 0 Å². The summed E-state index contributed by atoms with van der Waals surface area (Å²) in [6.07, 6.45) is 0.988. The van der Waals surface area contributed by atoms with Gasteiger partial charge in [-0.2, -0.15) is 0 Å². The lowest BCUT2D eigenvalue weighted by Crippen LogP contribution is -2.48. The summed E-state index contributed by atoms with van der Waals surface area (Å²) in [5.41, 5.74) is 1.93. The minimum atomic E-state index is -0.254. The van der Waals surface area contributed by atoms with E-state index in [2.05, 4.69) is 4.90 Å². The lowest BCUT2D eigenvalue weighted by molar-refractivity contribution is -0.131. The number of benzene rings is 2. The Morgan fingerprint density at radius 3 is 2.56 bits per heavy atom. The Bertz CT molecular complexity index is 727. The van der Waals surface area contributed by atoms with Gasteiger partial charge < -0.3 is 14.5 Å². The van der Waals surface area contributed by atoms with Crippen LogP contribution in [0, 0.1) is 5.82 Å². The highest BCUT2D eigenvalue weighted by Gasteiger charge is 2.22. The third-order valence-corrected chi connectivity index (χ3v) is 4.57. The van der Waals surface area contributed by atoms with E-state index in [0.29, 0.717) is 25.9 Å². The molecule has 1 fully saturated rings. The van der Waals surface area contributed by atoms with Crippen LogP contribution >= 0.6 is 0 Å². The lowest BCUT2D eigenvalue weighted by atomic mass is 10.1. The van der Waals surface area contributed by atoms with Gasteiger partial charge in [0.05, 0.1) is 12.8 Å². The average molecular weight is 342 g/mol. The van der Waals surface area contributed by atoms with E-state index in [0.717, 1.165) is 30.1 Å². The first-order chi connectivity index (χ1) is 12.2. The highest BCUT2D eigenvalue weighted by molar-refractivity contribution is 5.77. The molecule has 1 aliphatic heterocycles. The molecule has 132 valence electrons. The second-order valence-electron chi connectivity index (χ2n) is 6.17. The molecule has 0 aromatic heterocycles. The average Bonchev–Trinajstić information content (AvgIpc) is 2.66. The number of aryl methyl sites for hydroxylation is 1. The number of ether oxygens (including phenoxy) is 1. The minimum Gasteiger partial charge on any atom is -0.495 e. The van der Waals surface area contributed by atoms with Crippen molar-refractivity contribution in [1.82, 2.24) is 4.90 Å². The molecular formula is C20H23FN2O2. The van der Waals surface area contributed by atoms with Crippen LogP contribution in [0.15, 0.2) is 48.5 Å². The number of anilines is 1.